The highest BCUT2D eigenvalue weighted by Gasteiger charge is 2.50. The quantitative estimate of drug-likeness (QED) is 0.442. The van der Waals surface area contributed by atoms with Gasteiger partial charge in [0.25, 0.3) is 0 Å². The first-order chi connectivity index (χ1) is 14.7. The van der Waals surface area contributed by atoms with Crippen LogP contribution in [-0.4, -0.2) is 48.0 Å². The molecule has 0 saturated carbocycles. The second-order valence-electron chi connectivity index (χ2n) is 9.76. The molecule has 32 heavy (non-hydrogen) atoms. The van der Waals surface area contributed by atoms with Gasteiger partial charge in [-0.25, -0.2) is 4.79 Å². The zero-order valence-corrected chi connectivity index (χ0v) is 20.8. The highest BCUT2D eigenvalue weighted by molar-refractivity contribution is 5.70. The second-order valence-corrected chi connectivity index (χ2v) is 9.76. The molecule has 1 aromatic rings. The summed E-state index contributed by atoms with van der Waals surface area (Å²) >= 11 is 0. The van der Waals surface area contributed by atoms with E-state index in [4.69, 9.17) is 18.9 Å². The van der Waals surface area contributed by atoms with Crippen molar-refractivity contribution in [2.75, 3.05) is 13.7 Å². The van der Waals surface area contributed by atoms with Crippen molar-refractivity contribution in [3.05, 3.63) is 41.0 Å². The average molecular weight is 448 g/mol. The highest BCUT2D eigenvalue weighted by atomic mass is 16.6. The third-order valence-electron chi connectivity index (χ3n) is 5.11. The van der Waals surface area contributed by atoms with Crippen LogP contribution in [0.15, 0.2) is 29.8 Å². The van der Waals surface area contributed by atoms with Gasteiger partial charge in [-0.2, -0.15) is 0 Å². The van der Waals surface area contributed by atoms with Crippen LogP contribution in [0.1, 0.15) is 72.6 Å². The Labute approximate surface area is 191 Å². The van der Waals surface area contributed by atoms with E-state index in [1.807, 2.05) is 52.8 Å². The topological polar surface area (TPSA) is 74.3 Å². The predicted octanol–water partition coefficient (Wildman–Crippen LogP) is 5.18. The van der Waals surface area contributed by atoms with E-state index >= 15 is 0 Å². The Kier molecular flexibility index (Phi) is 7.99. The standard InChI is InChI=1S/C25H37NO6/c1-16(2)10-11-18-14-19(12-13-21(18)29-9)22(31-17(3)27)20-15-30-25(7,8)26(20)23(28)32-24(4,5)6/h10,12-14,20,22H,11,15H2,1-9H3/t20-,22-/m1/s1. The van der Waals surface area contributed by atoms with Gasteiger partial charge in [-0.05, 0) is 78.1 Å². The number of rotatable bonds is 6. The van der Waals surface area contributed by atoms with Crippen molar-refractivity contribution in [3.63, 3.8) is 0 Å². The molecule has 2 rings (SSSR count). The minimum Gasteiger partial charge on any atom is -0.496 e. The molecule has 0 radical (unpaired) electrons. The van der Waals surface area contributed by atoms with Crippen molar-refractivity contribution in [1.82, 2.24) is 4.90 Å². The molecule has 1 aliphatic heterocycles. The Bertz CT molecular complexity index is 864. The van der Waals surface area contributed by atoms with E-state index in [-0.39, 0.29) is 6.61 Å². The molecule has 0 spiro atoms. The van der Waals surface area contributed by atoms with Crippen LogP contribution in [0.2, 0.25) is 0 Å². The summed E-state index contributed by atoms with van der Waals surface area (Å²) < 4.78 is 22.9. The van der Waals surface area contributed by atoms with Crippen LogP contribution in [0.4, 0.5) is 4.79 Å². The Morgan fingerprint density at radius 2 is 1.91 bits per heavy atom. The van der Waals surface area contributed by atoms with Gasteiger partial charge in [0.2, 0.25) is 0 Å². The third kappa shape index (κ3) is 6.48. The molecule has 0 aliphatic carbocycles. The van der Waals surface area contributed by atoms with Gasteiger partial charge in [0.1, 0.15) is 29.2 Å². The lowest BCUT2D eigenvalue weighted by atomic mass is 9.97. The van der Waals surface area contributed by atoms with Crippen LogP contribution in [-0.2, 0) is 25.4 Å². The number of hydrogen-bond acceptors (Lipinski definition) is 6. The number of methoxy groups -OCH3 is 1. The van der Waals surface area contributed by atoms with E-state index in [0.29, 0.717) is 6.42 Å². The Morgan fingerprint density at radius 3 is 2.44 bits per heavy atom. The Hall–Kier alpha value is -2.54. The second kappa shape index (κ2) is 9.94. The average Bonchev–Trinajstić information content (AvgIpc) is 2.97. The number of carbonyl (C=O) groups excluding carboxylic acids is 2. The van der Waals surface area contributed by atoms with E-state index in [2.05, 4.69) is 6.08 Å². The molecule has 178 valence electrons. The van der Waals surface area contributed by atoms with Gasteiger partial charge in [-0.1, -0.05) is 17.7 Å². The lowest BCUT2D eigenvalue weighted by Gasteiger charge is -2.37. The maximum Gasteiger partial charge on any atom is 0.413 e. The minimum absolute atomic E-state index is 0.208. The number of hydrogen-bond donors (Lipinski definition) is 0. The molecule has 7 nitrogen and oxygen atoms in total. The molecule has 1 aromatic carbocycles. The van der Waals surface area contributed by atoms with Crippen molar-refractivity contribution < 1.29 is 28.5 Å². The van der Waals surface area contributed by atoms with E-state index < -0.39 is 35.5 Å². The van der Waals surface area contributed by atoms with Gasteiger partial charge < -0.3 is 18.9 Å². The summed E-state index contributed by atoms with van der Waals surface area (Å²) in [5.41, 5.74) is 1.33. The van der Waals surface area contributed by atoms with Crippen LogP contribution in [0.25, 0.3) is 0 Å². The van der Waals surface area contributed by atoms with Crippen molar-refractivity contribution in [2.24, 2.45) is 0 Å². The van der Waals surface area contributed by atoms with Crippen molar-refractivity contribution >= 4 is 12.1 Å². The first-order valence-corrected chi connectivity index (χ1v) is 10.9. The van der Waals surface area contributed by atoms with Gasteiger partial charge in [-0.3, -0.25) is 9.69 Å². The molecule has 1 heterocycles. The van der Waals surface area contributed by atoms with Crippen LogP contribution in [0.3, 0.4) is 0 Å². The van der Waals surface area contributed by atoms with Gasteiger partial charge in [0.05, 0.1) is 13.7 Å². The normalized spacial score (nSPS) is 18.7. The lowest BCUT2D eigenvalue weighted by Crippen LogP contribution is -2.52. The molecule has 1 aliphatic rings. The molecule has 0 bridgehead atoms. The predicted molar refractivity (Wildman–Crippen MR) is 123 cm³/mol. The van der Waals surface area contributed by atoms with Gasteiger partial charge >= 0.3 is 12.1 Å². The number of carbonyl (C=O) groups is 2. The fraction of sp³-hybridized carbons (Fsp3) is 0.600. The van der Waals surface area contributed by atoms with Crippen LogP contribution < -0.4 is 4.74 Å². The smallest absolute Gasteiger partial charge is 0.413 e. The maximum atomic E-state index is 13.1. The molecule has 0 N–H and O–H groups in total. The molecule has 1 fully saturated rings. The molecule has 0 aromatic heterocycles. The fourth-order valence-corrected chi connectivity index (χ4v) is 3.72. The molecule has 2 atom stereocenters. The first kappa shape index (κ1) is 25.7. The Balaban J connectivity index is 2.50. The Morgan fingerprint density at radius 1 is 1.25 bits per heavy atom. The van der Waals surface area contributed by atoms with Crippen molar-refractivity contribution in [3.8, 4) is 5.75 Å². The van der Waals surface area contributed by atoms with Crippen LogP contribution in [0.5, 0.6) is 5.75 Å². The number of ether oxygens (including phenoxy) is 4. The summed E-state index contributed by atoms with van der Waals surface area (Å²) in [4.78, 5) is 26.7. The first-order valence-electron chi connectivity index (χ1n) is 10.9. The molecular weight excluding hydrogens is 410 g/mol. The maximum absolute atomic E-state index is 13.1. The van der Waals surface area contributed by atoms with Crippen LogP contribution in [0, 0.1) is 0 Å². The number of nitrogens with zero attached hydrogens (tertiary/aromatic N) is 1. The third-order valence-corrected chi connectivity index (χ3v) is 5.11. The summed E-state index contributed by atoms with van der Waals surface area (Å²) in [6.07, 6.45) is 1.55. The number of amides is 1. The summed E-state index contributed by atoms with van der Waals surface area (Å²) in [5, 5.41) is 0. The largest absolute Gasteiger partial charge is 0.496 e. The molecule has 1 amide bonds. The summed E-state index contributed by atoms with van der Waals surface area (Å²) in [6, 6.07) is 5.13. The highest BCUT2D eigenvalue weighted by Crippen LogP contribution is 2.38. The fourth-order valence-electron chi connectivity index (χ4n) is 3.72. The van der Waals surface area contributed by atoms with E-state index in [9.17, 15) is 9.59 Å². The molecule has 7 heteroatoms. The molecule has 1 saturated heterocycles. The minimum atomic E-state index is -0.914. The van der Waals surface area contributed by atoms with Crippen molar-refractivity contribution in [1.29, 1.82) is 0 Å². The summed E-state index contributed by atoms with van der Waals surface area (Å²) in [6.45, 7) is 14.7. The van der Waals surface area contributed by atoms with Gasteiger partial charge in [-0.15, -0.1) is 0 Å². The lowest BCUT2D eigenvalue weighted by molar-refractivity contribution is -0.150. The summed E-state index contributed by atoms with van der Waals surface area (Å²) in [7, 11) is 1.63. The van der Waals surface area contributed by atoms with E-state index in [1.165, 1.54) is 17.4 Å². The molecule has 0 unspecified atom stereocenters. The number of allylic oxidation sites excluding steroid dienone is 2. The monoisotopic (exact) mass is 447 g/mol. The zero-order chi connectivity index (χ0) is 24.3. The molecular formula is C25H37NO6. The van der Waals surface area contributed by atoms with Gasteiger partial charge in [0.15, 0.2) is 0 Å². The van der Waals surface area contributed by atoms with Gasteiger partial charge in [0, 0.05) is 6.92 Å². The van der Waals surface area contributed by atoms with Crippen LogP contribution >= 0.6 is 0 Å². The van der Waals surface area contributed by atoms with E-state index in [0.717, 1.165) is 16.9 Å². The van der Waals surface area contributed by atoms with Crippen molar-refractivity contribution in [2.45, 2.75) is 85.3 Å². The zero-order valence-electron chi connectivity index (χ0n) is 20.8. The SMILES string of the molecule is COc1ccc([C@@H](OC(C)=O)[C@H]2COC(C)(C)N2C(=O)OC(C)(C)C)cc1CC=C(C)C. The summed E-state index contributed by atoms with van der Waals surface area (Å²) in [5.74, 6) is 0.310. The van der Waals surface area contributed by atoms with E-state index in [1.54, 1.807) is 21.0 Å². The number of benzene rings is 1. The number of esters is 1.